The van der Waals surface area contributed by atoms with Crippen LogP contribution in [-0.2, 0) is 0 Å². The number of nitrogens with one attached hydrogen (secondary N) is 1. The van der Waals surface area contributed by atoms with Crippen molar-refractivity contribution >= 4 is 28.2 Å². The third-order valence-electron chi connectivity index (χ3n) is 2.53. The Balaban J connectivity index is 1.69. The molecule has 1 aromatic heterocycles. The van der Waals surface area contributed by atoms with E-state index in [2.05, 4.69) is 29.4 Å². The summed E-state index contributed by atoms with van der Waals surface area (Å²) in [6.45, 7) is 7.44. The Morgan fingerprint density at radius 3 is 2.45 bits per heavy atom. The molecule has 0 unspecified atom stereocenters. The van der Waals surface area contributed by atoms with Crippen molar-refractivity contribution < 1.29 is 9.47 Å². The van der Waals surface area contributed by atoms with Crippen molar-refractivity contribution in [2.45, 2.75) is 31.2 Å². The van der Waals surface area contributed by atoms with Crippen LogP contribution in [0.5, 0.6) is 11.5 Å². The van der Waals surface area contributed by atoms with Crippen LogP contribution in [0.3, 0.4) is 0 Å². The number of aromatic nitrogens is 2. The second kappa shape index (κ2) is 8.85. The number of hydrogen-bond acceptors (Lipinski definition) is 7. The average Bonchev–Trinajstić information content (AvgIpc) is 2.92. The number of ether oxygens (including phenoxy) is 2. The van der Waals surface area contributed by atoms with Crippen LogP contribution in [0.4, 0.5) is 5.13 Å². The summed E-state index contributed by atoms with van der Waals surface area (Å²) in [7, 11) is 0. The van der Waals surface area contributed by atoms with Crippen LogP contribution in [0.2, 0.25) is 0 Å². The first kappa shape index (κ1) is 16.9. The largest absolute Gasteiger partial charge is 0.494 e. The smallest absolute Gasteiger partial charge is 0.206 e. The summed E-state index contributed by atoms with van der Waals surface area (Å²) in [5.74, 6) is 2.55. The van der Waals surface area contributed by atoms with E-state index in [1.54, 1.807) is 23.1 Å². The highest BCUT2D eigenvalue weighted by atomic mass is 32.2. The first-order valence-electron chi connectivity index (χ1n) is 7.26. The normalized spacial score (nSPS) is 10.7. The monoisotopic (exact) mass is 339 g/mol. The zero-order valence-corrected chi connectivity index (χ0v) is 14.7. The lowest BCUT2D eigenvalue weighted by Gasteiger charge is -2.07. The van der Waals surface area contributed by atoms with E-state index >= 15 is 0 Å². The van der Waals surface area contributed by atoms with E-state index in [4.69, 9.17) is 9.47 Å². The van der Waals surface area contributed by atoms with Gasteiger partial charge in [-0.2, -0.15) is 0 Å². The van der Waals surface area contributed by atoms with E-state index in [1.165, 1.54) is 0 Å². The molecule has 0 fully saturated rings. The maximum absolute atomic E-state index is 5.70. The molecule has 0 saturated heterocycles. The molecule has 0 saturated carbocycles. The molecule has 0 atom stereocenters. The van der Waals surface area contributed by atoms with Crippen molar-refractivity contribution in [1.82, 2.24) is 10.2 Å². The molecule has 0 aliphatic carbocycles. The number of nitrogens with zero attached hydrogens (tertiary/aromatic N) is 2. The molecule has 1 heterocycles. The minimum Gasteiger partial charge on any atom is -0.494 e. The van der Waals surface area contributed by atoms with Crippen molar-refractivity contribution in [1.29, 1.82) is 0 Å². The Hall–Kier alpha value is -1.47. The van der Waals surface area contributed by atoms with Crippen LogP contribution in [0.1, 0.15) is 20.8 Å². The highest BCUT2D eigenvalue weighted by Gasteiger charge is 2.05. The van der Waals surface area contributed by atoms with E-state index in [1.807, 2.05) is 31.2 Å². The Kier molecular flexibility index (Phi) is 6.79. The molecule has 0 spiro atoms. The molecule has 1 aromatic carbocycles. The van der Waals surface area contributed by atoms with Gasteiger partial charge in [-0.25, -0.2) is 0 Å². The van der Waals surface area contributed by atoms with Crippen molar-refractivity contribution in [3.05, 3.63) is 24.3 Å². The summed E-state index contributed by atoms with van der Waals surface area (Å²) >= 11 is 3.23. The number of rotatable bonds is 9. The van der Waals surface area contributed by atoms with Crippen LogP contribution in [-0.4, -0.2) is 35.2 Å². The number of benzene rings is 1. The van der Waals surface area contributed by atoms with Gasteiger partial charge < -0.3 is 14.8 Å². The zero-order chi connectivity index (χ0) is 15.8. The number of hydrogen-bond donors (Lipinski definition) is 1. The molecule has 1 N–H and O–H groups in total. The summed E-state index contributed by atoms with van der Waals surface area (Å²) in [5.41, 5.74) is 0. The Morgan fingerprint density at radius 1 is 1.14 bits per heavy atom. The van der Waals surface area contributed by atoms with E-state index in [9.17, 15) is 0 Å². The minimum absolute atomic E-state index is 0.369. The second-order valence-electron chi connectivity index (χ2n) is 4.77. The van der Waals surface area contributed by atoms with Gasteiger partial charge in [0.15, 0.2) is 4.34 Å². The van der Waals surface area contributed by atoms with Gasteiger partial charge in [-0.05, 0) is 45.0 Å². The van der Waals surface area contributed by atoms with Crippen LogP contribution < -0.4 is 14.8 Å². The Labute approximate surface area is 139 Å². The molecule has 7 heteroatoms. The molecule has 5 nitrogen and oxygen atoms in total. The molecule has 0 aliphatic heterocycles. The summed E-state index contributed by atoms with van der Waals surface area (Å²) in [6, 6.07) is 8.05. The highest BCUT2D eigenvalue weighted by molar-refractivity contribution is 8.01. The molecule has 0 aliphatic rings. The highest BCUT2D eigenvalue weighted by Crippen LogP contribution is 2.26. The first-order valence-corrected chi connectivity index (χ1v) is 9.06. The van der Waals surface area contributed by atoms with Gasteiger partial charge in [-0.1, -0.05) is 23.1 Å². The lowest BCUT2D eigenvalue weighted by atomic mass is 10.3. The van der Waals surface area contributed by atoms with Gasteiger partial charge in [-0.3, -0.25) is 0 Å². The minimum atomic E-state index is 0.369. The molecular formula is C15H21N3O2S2. The number of thioether (sulfide) groups is 1. The zero-order valence-electron chi connectivity index (χ0n) is 13.0. The number of anilines is 1. The fraction of sp³-hybridized carbons (Fsp3) is 0.467. The standard InChI is InChI=1S/C15H21N3O2S2/c1-4-19-12-5-7-13(8-6-12)20-9-10-21-15-18-17-14(22-15)16-11(2)3/h5-8,11H,4,9-10H2,1-3H3,(H,16,17). The van der Waals surface area contributed by atoms with Crippen LogP contribution >= 0.6 is 23.1 Å². The van der Waals surface area contributed by atoms with Gasteiger partial charge in [0, 0.05) is 11.8 Å². The van der Waals surface area contributed by atoms with Crippen LogP contribution in [0.25, 0.3) is 0 Å². The predicted molar refractivity (Wildman–Crippen MR) is 92.5 cm³/mol. The molecule has 120 valence electrons. The van der Waals surface area contributed by atoms with E-state index in [0.29, 0.717) is 19.3 Å². The van der Waals surface area contributed by atoms with Gasteiger partial charge in [-0.15, -0.1) is 10.2 Å². The van der Waals surface area contributed by atoms with Gasteiger partial charge in [0.1, 0.15) is 11.5 Å². The average molecular weight is 339 g/mol. The van der Waals surface area contributed by atoms with E-state index < -0.39 is 0 Å². The summed E-state index contributed by atoms with van der Waals surface area (Å²) < 4.78 is 12.0. The maximum Gasteiger partial charge on any atom is 0.206 e. The lowest BCUT2D eigenvalue weighted by molar-refractivity contribution is 0.332. The van der Waals surface area contributed by atoms with Crippen molar-refractivity contribution in [3.63, 3.8) is 0 Å². The van der Waals surface area contributed by atoms with Crippen LogP contribution in [0.15, 0.2) is 28.6 Å². The molecule has 2 aromatic rings. The van der Waals surface area contributed by atoms with Gasteiger partial charge >= 0.3 is 0 Å². The topological polar surface area (TPSA) is 56.3 Å². The lowest BCUT2D eigenvalue weighted by Crippen LogP contribution is -2.08. The van der Waals surface area contributed by atoms with Crippen molar-refractivity contribution in [2.24, 2.45) is 0 Å². The van der Waals surface area contributed by atoms with Gasteiger partial charge in [0.25, 0.3) is 0 Å². The molecule has 0 radical (unpaired) electrons. The quantitative estimate of drug-likeness (QED) is 0.552. The molecule has 0 bridgehead atoms. The molecule has 22 heavy (non-hydrogen) atoms. The summed E-state index contributed by atoms with van der Waals surface area (Å²) in [4.78, 5) is 0. The Bertz CT molecular complexity index is 558. The SMILES string of the molecule is CCOc1ccc(OCCSc2nnc(NC(C)C)s2)cc1. The van der Waals surface area contributed by atoms with E-state index in [0.717, 1.165) is 26.7 Å². The second-order valence-corrected chi connectivity index (χ2v) is 7.09. The predicted octanol–water partition coefficient (Wildman–Crippen LogP) is 3.93. The molecule has 0 amide bonds. The van der Waals surface area contributed by atoms with Gasteiger partial charge in [0.2, 0.25) is 5.13 Å². The van der Waals surface area contributed by atoms with E-state index in [-0.39, 0.29) is 0 Å². The fourth-order valence-corrected chi connectivity index (χ4v) is 3.45. The molecule has 2 rings (SSSR count). The summed E-state index contributed by atoms with van der Waals surface area (Å²) in [5, 5.41) is 12.4. The summed E-state index contributed by atoms with van der Waals surface area (Å²) in [6.07, 6.45) is 0. The Morgan fingerprint density at radius 2 is 1.82 bits per heavy atom. The first-order chi connectivity index (χ1) is 10.7. The maximum atomic E-state index is 5.70. The third kappa shape index (κ3) is 5.73. The third-order valence-corrected chi connectivity index (χ3v) is 4.48. The van der Waals surface area contributed by atoms with Gasteiger partial charge in [0.05, 0.1) is 13.2 Å². The van der Waals surface area contributed by atoms with Crippen molar-refractivity contribution in [2.75, 3.05) is 24.3 Å². The molecular weight excluding hydrogens is 318 g/mol. The van der Waals surface area contributed by atoms with Crippen LogP contribution in [0, 0.1) is 0 Å². The van der Waals surface area contributed by atoms with Crippen molar-refractivity contribution in [3.8, 4) is 11.5 Å². The fourth-order valence-electron chi connectivity index (χ4n) is 1.66.